The molecule has 2 fully saturated rings. The molecule has 2 saturated heterocycles. The van der Waals surface area contributed by atoms with Crippen molar-refractivity contribution in [2.24, 2.45) is 0 Å². The van der Waals surface area contributed by atoms with Gasteiger partial charge in [0.25, 0.3) is 0 Å². The summed E-state index contributed by atoms with van der Waals surface area (Å²) in [7, 11) is 0. The maximum Gasteiger partial charge on any atom is 0.389 e. The fourth-order valence-corrected chi connectivity index (χ4v) is 4.28. The number of morpholine rings is 1. The number of hydrogen-bond acceptors (Lipinski definition) is 4. The average Bonchev–Trinajstić information content (AvgIpc) is 2.78. The SMILES string of the molecule is Cc1cc(OC[C@]2(CC(=O)N3CCCCC3)CN(C(=O)CCC(F)(F)F)CCO2)ccc1Cl. The number of alkyl halides is 3. The van der Waals surface area contributed by atoms with E-state index in [9.17, 15) is 22.8 Å². The van der Waals surface area contributed by atoms with Gasteiger partial charge in [-0.3, -0.25) is 9.59 Å². The highest BCUT2D eigenvalue weighted by molar-refractivity contribution is 6.31. The monoisotopic (exact) mass is 490 g/mol. The molecular weight excluding hydrogens is 461 g/mol. The lowest BCUT2D eigenvalue weighted by atomic mass is 9.95. The molecule has 0 bridgehead atoms. The molecule has 2 aliphatic rings. The molecular formula is C23H30ClF3N2O4. The molecule has 10 heteroatoms. The van der Waals surface area contributed by atoms with Gasteiger partial charge in [0.05, 0.1) is 26.0 Å². The van der Waals surface area contributed by atoms with Gasteiger partial charge in [-0.25, -0.2) is 0 Å². The second kappa shape index (κ2) is 11.0. The van der Waals surface area contributed by atoms with Crippen molar-refractivity contribution in [3.8, 4) is 5.75 Å². The number of benzene rings is 1. The third kappa shape index (κ3) is 7.50. The molecule has 0 saturated carbocycles. The maximum absolute atomic E-state index is 13.0. The summed E-state index contributed by atoms with van der Waals surface area (Å²) in [5, 5.41) is 0.590. The summed E-state index contributed by atoms with van der Waals surface area (Å²) in [6, 6.07) is 5.16. The number of nitrogens with zero attached hydrogens (tertiary/aromatic N) is 2. The third-order valence-electron chi connectivity index (χ3n) is 6.04. The first-order valence-electron chi connectivity index (χ1n) is 11.2. The molecule has 0 N–H and O–H groups in total. The minimum absolute atomic E-state index is 0.00412. The lowest BCUT2D eigenvalue weighted by Gasteiger charge is -2.43. The number of aryl methyl sites for hydroxylation is 1. The lowest BCUT2D eigenvalue weighted by molar-refractivity contribution is -0.170. The van der Waals surface area contributed by atoms with Crippen LogP contribution in [-0.2, 0) is 14.3 Å². The zero-order chi connectivity index (χ0) is 24.1. The Morgan fingerprint density at radius 1 is 1.12 bits per heavy atom. The zero-order valence-corrected chi connectivity index (χ0v) is 19.5. The van der Waals surface area contributed by atoms with Gasteiger partial charge in [-0.05, 0) is 49.9 Å². The van der Waals surface area contributed by atoms with E-state index in [4.69, 9.17) is 21.1 Å². The number of rotatable bonds is 7. The normalized spacial score (nSPS) is 21.7. The summed E-state index contributed by atoms with van der Waals surface area (Å²) < 4.78 is 49.8. The summed E-state index contributed by atoms with van der Waals surface area (Å²) in [4.78, 5) is 28.7. The number of carbonyl (C=O) groups is 2. The van der Waals surface area contributed by atoms with Gasteiger partial charge in [0.15, 0.2) is 0 Å². The number of hydrogen-bond donors (Lipinski definition) is 0. The second-order valence-corrected chi connectivity index (χ2v) is 9.19. The van der Waals surface area contributed by atoms with Gasteiger partial charge in [-0.15, -0.1) is 0 Å². The number of amides is 2. The molecule has 0 unspecified atom stereocenters. The molecule has 1 aromatic rings. The first-order chi connectivity index (χ1) is 15.6. The van der Waals surface area contributed by atoms with Gasteiger partial charge in [-0.2, -0.15) is 13.2 Å². The minimum atomic E-state index is -4.40. The Balaban J connectivity index is 1.74. The zero-order valence-electron chi connectivity index (χ0n) is 18.8. The van der Waals surface area contributed by atoms with Crippen molar-refractivity contribution in [1.82, 2.24) is 9.80 Å². The second-order valence-electron chi connectivity index (χ2n) is 8.78. The van der Waals surface area contributed by atoms with Crippen LogP contribution in [0.3, 0.4) is 0 Å². The molecule has 0 spiro atoms. The molecule has 2 aliphatic heterocycles. The molecule has 33 heavy (non-hydrogen) atoms. The number of likely N-dealkylation sites (tertiary alicyclic amines) is 1. The van der Waals surface area contributed by atoms with Gasteiger partial charge in [0.1, 0.15) is 18.0 Å². The highest BCUT2D eigenvalue weighted by Gasteiger charge is 2.42. The Morgan fingerprint density at radius 3 is 2.52 bits per heavy atom. The third-order valence-corrected chi connectivity index (χ3v) is 6.46. The van der Waals surface area contributed by atoms with Crippen LogP contribution in [0.15, 0.2) is 18.2 Å². The molecule has 3 rings (SSSR count). The number of carbonyl (C=O) groups excluding carboxylic acids is 2. The summed E-state index contributed by atoms with van der Waals surface area (Å²) in [6.45, 7) is 3.45. The van der Waals surface area contributed by atoms with E-state index in [0.717, 1.165) is 24.8 Å². The Morgan fingerprint density at radius 2 is 1.85 bits per heavy atom. The maximum atomic E-state index is 13.0. The number of halogens is 4. The van der Waals surface area contributed by atoms with Crippen molar-refractivity contribution >= 4 is 23.4 Å². The van der Waals surface area contributed by atoms with E-state index in [-0.39, 0.29) is 38.6 Å². The molecule has 1 atom stereocenters. The molecule has 1 aromatic carbocycles. The number of piperidine rings is 1. The molecule has 0 aliphatic carbocycles. The lowest BCUT2D eigenvalue weighted by Crippen LogP contribution is -2.58. The van der Waals surface area contributed by atoms with E-state index in [1.807, 2.05) is 6.92 Å². The van der Waals surface area contributed by atoms with Crippen LogP contribution in [0.2, 0.25) is 5.02 Å². The van der Waals surface area contributed by atoms with Crippen LogP contribution in [0, 0.1) is 6.92 Å². The van der Waals surface area contributed by atoms with E-state index in [2.05, 4.69) is 0 Å². The van der Waals surface area contributed by atoms with Gasteiger partial charge >= 0.3 is 6.18 Å². The van der Waals surface area contributed by atoms with Crippen LogP contribution in [0.5, 0.6) is 5.75 Å². The van der Waals surface area contributed by atoms with E-state index in [0.29, 0.717) is 23.9 Å². The van der Waals surface area contributed by atoms with Crippen molar-refractivity contribution in [3.05, 3.63) is 28.8 Å². The largest absolute Gasteiger partial charge is 0.490 e. The van der Waals surface area contributed by atoms with Crippen molar-refractivity contribution in [2.45, 2.75) is 57.2 Å². The predicted molar refractivity (Wildman–Crippen MR) is 117 cm³/mol. The Kier molecular flexibility index (Phi) is 8.50. The highest BCUT2D eigenvalue weighted by Crippen LogP contribution is 2.29. The molecule has 2 amide bonds. The molecule has 0 radical (unpaired) electrons. The van der Waals surface area contributed by atoms with Crippen LogP contribution in [-0.4, -0.2) is 72.8 Å². The highest BCUT2D eigenvalue weighted by atomic mass is 35.5. The quantitative estimate of drug-likeness (QED) is 0.569. The van der Waals surface area contributed by atoms with Crippen molar-refractivity contribution in [2.75, 3.05) is 39.4 Å². The molecule has 0 aromatic heterocycles. The average molecular weight is 491 g/mol. The van der Waals surface area contributed by atoms with E-state index < -0.39 is 30.5 Å². The standard InChI is InChI=1S/C23H30ClF3N2O4/c1-17-13-18(5-6-19(17)24)32-16-22(14-21(31)28-9-3-2-4-10-28)15-29(11-12-33-22)20(30)7-8-23(25,26)27/h5-6,13H,2-4,7-12,14-16H2,1H3/t22-/m0/s1. The van der Waals surface area contributed by atoms with E-state index in [1.54, 1.807) is 23.1 Å². The van der Waals surface area contributed by atoms with Gasteiger partial charge in [0.2, 0.25) is 11.8 Å². The Hall–Kier alpha value is -2.00. The summed E-state index contributed by atoms with van der Waals surface area (Å²) in [5.74, 6) is -0.172. The van der Waals surface area contributed by atoms with Gasteiger partial charge < -0.3 is 19.3 Å². The summed E-state index contributed by atoms with van der Waals surface area (Å²) in [5.41, 5.74) is -0.324. The fourth-order valence-electron chi connectivity index (χ4n) is 4.16. The Bertz CT molecular complexity index is 845. The van der Waals surface area contributed by atoms with Crippen molar-refractivity contribution in [1.29, 1.82) is 0 Å². The van der Waals surface area contributed by atoms with Crippen LogP contribution >= 0.6 is 11.6 Å². The van der Waals surface area contributed by atoms with Crippen molar-refractivity contribution in [3.63, 3.8) is 0 Å². The number of ether oxygens (including phenoxy) is 2. The van der Waals surface area contributed by atoms with Crippen LogP contribution in [0.1, 0.15) is 44.1 Å². The van der Waals surface area contributed by atoms with Gasteiger partial charge in [0, 0.05) is 31.1 Å². The minimum Gasteiger partial charge on any atom is -0.490 e. The summed E-state index contributed by atoms with van der Waals surface area (Å²) in [6.07, 6.45) is -3.28. The first kappa shape index (κ1) is 25.6. The molecule has 6 nitrogen and oxygen atoms in total. The van der Waals surface area contributed by atoms with Crippen LogP contribution in [0.4, 0.5) is 13.2 Å². The van der Waals surface area contributed by atoms with Crippen LogP contribution in [0.25, 0.3) is 0 Å². The molecule has 2 heterocycles. The summed E-state index contributed by atoms with van der Waals surface area (Å²) >= 11 is 6.07. The fraction of sp³-hybridized carbons (Fsp3) is 0.652. The Labute approximate surface area is 196 Å². The smallest absolute Gasteiger partial charge is 0.389 e. The van der Waals surface area contributed by atoms with Crippen molar-refractivity contribution < 1.29 is 32.2 Å². The first-order valence-corrected chi connectivity index (χ1v) is 11.6. The molecule has 184 valence electrons. The van der Waals surface area contributed by atoms with E-state index >= 15 is 0 Å². The van der Waals surface area contributed by atoms with Crippen LogP contribution < -0.4 is 4.74 Å². The predicted octanol–water partition coefficient (Wildman–Crippen LogP) is 4.37. The topological polar surface area (TPSA) is 59.1 Å². The van der Waals surface area contributed by atoms with Gasteiger partial charge in [-0.1, -0.05) is 11.6 Å². The van der Waals surface area contributed by atoms with E-state index in [1.165, 1.54) is 4.90 Å².